The molecule has 1 aromatic heterocycles. The van der Waals surface area contributed by atoms with Crippen LogP contribution in [0, 0.1) is 26.6 Å². The number of benzene rings is 2. The Hall–Kier alpha value is -2.87. The van der Waals surface area contributed by atoms with Gasteiger partial charge in [0.15, 0.2) is 5.69 Å². The molecule has 8 heteroatoms. The van der Waals surface area contributed by atoms with Crippen LogP contribution < -0.4 is 10.2 Å². The minimum atomic E-state index is -4.56. The van der Waals surface area contributed by atoms with Gasteiger partial charge in [0.1, 0.15) is 5.82 Å². The summed E-state index contributed by atoms with van der Waals surface area (Å²) in [6.07, 6.45) is -3.83. The first-order valence-electron chi connectivity index (χ1n) is 10.6. The standard InChI is InChI=1S/C24H26F4N4/c1-15-11-16(2)21(17(3)12-15)32-10-4-9-31-20(22(24(26,27)28)30-23(31)32)14-29-13-18-5-7-19(25)8-6-18/h5-8,11-12,29H,4,9-10,13-14H2,1-3H3. The topological polar surface area (TPSA) is 33.1 Å². The number of halogens is 4. The summed E-state index contributed by atoms with van der Waals surface area (Å²) >= 11 is 0. The summed E-state index contributed by atoms with van der Waals surface area (Å²) in [4.78, 5) is 6.01. The van der Waals surface area contributed by atoms with E-state index in [1.54, 1.807) is 16.7 Å². The summed E-state index contributed by atoms with van der Waals surface area (Å²) in [5.74, 6) is -0.0167. The van der Waals surface area contributed by atoms with E-state index in [0.717, 1.165) is 34.4 Å². The molecule has 2 aromatic carbocycles. The number of fused-ring (bicyclic) bond motifs is 1. The molecular formula is C24H26F4N4. The average molecular weight is 446 g/mol. The highest BCUT2D eigenvalue weighted by Crippen LogP contribution is 2.39. The molecule has 1 aliphatic heterocycles. The van der Waals surface area contributed by atoms with Crippen molar-refractivity contribution in [3.05, 3.63) is 75.9 Å². The Balaban J connectivity index is 1.68. The molecule has 0 atom stereocenters. The van der Waals surface area contributed by atoms with E-state index in [1.807, 2.05) is 37.8 Å². The third-order valence-corrected chi connectivity index (χ3v) is 5.77. The Morgan fingerprint density at radius 2 is 1.62 bits per heavy atom. The fraction of sp³-hybridized carbons (Fsp3) is 0.375. The Labute approximate surface area is 184 Å². The van der Waals surface area contributed by atoms with Crippen molar-refractivity contribution in [1.82, 2.24) is 14.9 Å². The molecule has 0 amide bonds. The summed E-state index contributed by atoms with van der Waals surface area (Å²) in [5.41, 5.74) is 4.14. The van der Waals surface area contributed by atoms with Crippen LogP contribution in [0.1, 0.15) is 40.1 Å². The quantitative estimate of drug-likeness (QED) is 0.503. The number of rotatable bonds is 5. The second kappa shape index (κ2) is 8.58. The van der Waals surface area contributed by atoms with Gasteiger partial charge in [0, 0.05) is 31.9 Å². The molecular weight excluding hydrogens is 420 g/mol. The minimum absolute atomic E-state index is 0.0128. The second-order valence-electron chi connectivity index (χ2n) is 8.34. The van der Waals surface area contributed by atoms with E-state index in [2.05, 4.69) is 10.3 Å². The van der Waals surface area contributed by atoms with E-state index < -0.39 is 11.9 Å². The van der Waals surface area contributed by atoms with Crippen molar-refractivity contribution >= 4 is 11.6 Å². The van der Waals surface area contributed by atoms with Gasteiger partial charge in [-0.25, -0.2) is 9.37 Å². The molecule has 1 aliphatic rings. The van der Waals surface area contributed by atoms with Crippen molar-refractivity contribution < 1.29 is 17.6 Å². The molecule has 2 heterocycles. The molecule has 32 heavy (non-hydrogen) atoms. The highest BCUT2D eigenvalue weighted by atomic mass is 19.4. The third-order valence-electron chi connectivity index (χ3n) is 5.77. The third kappa shape index (κ3) is 4.37. The molecule has 170 valence electrons. The molecule has 4 rings (SSSR count). The first-order valence-corrected chi connectivity index (χ1v) is 10.6. The number of hydrogen-bond acceptors (Lipinski definition) is 3. The first-order chi connectivity index (χ1) is 15.1. The zero-order chi connectivity index (χ0) is 23.0. The van der Waals surface area contributed by atoms with Gasteiger partial charge in [0.25, 0.3) is 0 Å². The smallest absolute Gasteiger partial charge is 0.312 e. The normalized spacial score (nSPS) is 14.0. The molecule has 0 fully saturated rings. The Kier molecular flexibility index (Phi) is 5.99. The molecule has 0 aliphatic carbocycles. The highest BCUT2D eigenvalue weighted by Gasteiger charge is 2.40. The van der Waals surface area contributed by atoms with Crippen LogP contribution in [0.15, 0.2) is 36.4 Å². The Morgan fingerprint density at radius 1 is 0.969 bits per heavy atom. The van der Waals surface area contributed by atoms with Gasteiger partial charge in [-0.2, -0.15) is 13.2 Å². The van der Waals surface area contributed by atoms with Crippen molar-refractivity contribution in [3.8, 4) is 0 Å². The van der Waals surface area contributed by atoms with E-state index >= 15 is 0 Å². The van der Waals surface area contributed by atoms with Crippen LogP contribution in [0.5, 0.6) is 0 Å². The van der Waals surface area contributed by atoms with Crippen LogP contribution in [-0.4, -0.2) is 16.1 Å². The van der Waals surface area contributed by atoms with Crippen molar-refractivity contribution in [2.75, 3.05) is 11.4 Å². The monoisotopic (exact) mass is 446 g/mol. The molecule has 1 N–H and O–H groups in total. The number of aryl methyl sites for hydroxylation is 3. The molecule has 0 unspecified atom stereocenters. The lowest BCUT2D eigenvalue weighted by molar-refractivity contribution is -0.141. The molecule has 0 saturated carbocycles. The largest absolute Gasteiger partial charge is 0.435 e. The summed E-state index contributed by atoms with van der Waals surface area (Å²) < 4.78 is 56.5. The Morgan fingerprint density at radius 3 is 2.25 bits per heavy atom. The lowest BCUT2D eigenvalue weighted by Gasteiger charge is -2.32. The van der Waals surface area contributed by atoms with Gasteiger partial charge in [-0.15, -0.1) is 0 Å². The number of nitrogens with zero attached hydrogens (tertiary/aromatic N) is 3. The zero-order valence-corrected chi connectivity index (χ0v) is 18.4. The summed E-state index contributed by atoms with van der Waals surface area (Å²) in [6.45, 7) is 7.40. The average Bonchev–Trinajstić information content (AvgIpc) is 3.09. The maximum Gasteiger partial charge on any atom is 0.435 e. The molecule has 3 aromatic rings. The zero-order valence-electron chi connectivity index (χ0n) is 18.4. The number of aromatic nitrogens is 2. The van der Waals surface area contributed by atoms with E-state index in [1.165, 1.54) is 12.1 Å². The molecule has 0 spiro atoms. The number of alkyl halides is 3. The van der Waals surface area contributed by atoms with Gasteiger partial charge in [-0.3, -0.25) is 0 Å². The maximum absolute atomic E-state index is 13.9. The Bertz CT molecular complexity index is 1090. The number of nitrogens with one attached hydrogen (secondary N) is 1. The fourth-order valence-corrected chi connectivity index (χ4v) is 4.54. The molecule has 0 saturated heterocycles. The van der Waals surface area contributed by atoms with E-state index in [0.29, 0.717) is 25.6 Å². The lowest BCUT2D eigenvalue weighted by atomic mass is 10.0. The van der Waals surface area contributed by atoms with Crippen molar-refractivity contribution in [1.29, 1.82) is 0 Å². The molecule has 4 nitrogen and oxygen atoms in total. The predicted molar refractivity (Wildman–Crippen MR) is 116 cm³/mol. The van der Waals surface area contributed by atoms with Crippen LogP contribution in [0.4, 0.5) is 29.2 Å². The number of anilines is 2. The van der Waals surface area contributed by atoms with Crippen LogP contribution in [0.3, 0.4) is 0 Å². The summed E-state index contributed by atoms with van der Waals surface area (Å²) in [6, 6.07) is 9.99. The predicted octanol–water partition coefficient (Wildman–Crippen LogP) is 5.80. The first kappa shape index (κ1) is 22.3. The number of imidazole rings is 1. The van der Waals surface area contributed by atoms with Crippen LogP contribution in [0.25, 0.3) is 0 Å². The van der Waals surface area contributed by atoms with Crippen LogP contribution >= 0.6 is 0 Å². The van der Waals surface area contributed by atoms with E-state index in [9.17, 15) is 17.6 Å². The van der Waals surface area contributed by atoms with Gasteiger partial charge in [-0.05, 0) is 56.0 Å². The molecule has 0 radical (unpaired) electrons. The van der Waals surface area contributed by atoms with Gasteiger partial charge in [0.2, 0.25) is 5.95 Å². The minimum Gasteiger partial charge on any atom is -0.312 e. The highest BCUT2D eigenvalue weighted by molar-refractivity contribution is 5.68. The number of hydrogen-bond donors (Lipinski definition) is 1. The summed E-state index contributed by atoms with van der Waals surface area (Å²) in [5, 5.41) is 3.07. The van der Waals surface area contributed by atoms with Crippen LogP contribution in [0.2, 0.25) is 0 Å². The van der Waals surface area contributed by atoms with Crippen LogP contribution in [-0.2, 0) is 25.8 Å². The van der Waals surface area contributed by atoms with Gasteiger partial charge in [0.05, 0.1) is 5.69 Å². The SMILES string of the molecule is Cc1cc(C)c(N2CCCn3c2nc(C(F)(F)F)c3CNCc2ccc(F)cc2)c(C)c1. The summed E-state index contributed by atoms with van der Waals surface area (Å²) in [7, 11) is 0. The fourth-order valence-electron chi connectivity index (χ4n) is 4.54. The molecule has 0 bridgehead atoms. The van der Waals surface area contributed by atoms with Gasteiger partial charge in [-0.1, -0.05) is 29.8 Å². The lowest BCUT2D eigenvalue weighted by Crippen LogP contribution is -2.30. The van der Waals surface area contributed by atoms with Crippen molar-refractivity contribution in [3.63, 3.8) is 0 Å². The van der Waals surface area contributed by atoms with Gasteiger partial charge >= 0.3 is 6.18 Å². The maximum atomic E-state index is 13.9. The van der Waals surface area contributed by atoms with E-state index in [4.69, 9.17) is 0 Å². The van der Waals surface area contributed by atoms with Crippen molar-refractivity contribution in [2.24, 2.45) is 0 Å². The van der Waals surface area contributed by atoms with Crippen molar-refractivity contribution in [2.45, 2.75) is 53.0 Å². The second-order valence-corrected chi connectivity index (χ2v) is 8.34. The van der Waals surface area contributed by atoms with Gasteiger partial charge < -0.3 is 14.8 Å². The van der Waals surface area contributed by atoms with E-state index in [-0.39, 0.29) is 18.1 Å².